The summed E-state index contributed by atoms with van der Waals surface area (Å²) in [6.45, 7) is 17.7. The van der Waals surface area contributed by atoms with Crippen molar-refractivity contribution < 1.29 is 109 Å². The highest BCUT2D eigenvalue weighted by Gasteiger charge is 2.60. The number of ether oxygens (including phenoxy) is 19. The van der Waals surface area contributed by atoms with E-state index in [1.807, 2.05) is 273 Å². The molecule has 4 fully saturated rings. The number of alkyl halides is 3. The van der Waals surface area contributed by atoms with Gasteiger partial charge in [0.25, 0.3) is 9.70 Å². The van der Waals surface area contributed by atoms with Crippen molar-refractivity contribution in [3.8, 4) is 0 Å². The van der Waals surface area contributed by atoms with Gasteiger partial charge in [-0.1, -0.05) is 374 Å². The zero-order valence-corrected chi connectivity index (χ0v) is 82.1. The molecule has 0 aliphatic carbocycles. The molecule has 0 radical (unpaired) electrons. The quantitative estimate of drug-likeness (QED) is 0.0161. The minimum atomic E-state index is -2.80. The standard InChI is InChI=1S/C110H126Cl3NO23Si/c1-9-60-120-106-101(135-104(116)87-58-38-19-39-59-87)100(127-69-86-56-36-18-37-57-86)96(136-105-92(114-109(117)110(111,112)113)97(124-66-83-50-30-15-31-51-83)93(121-63-80-44-24-12-25-45-80)88(131-105)70-118-61-78-40-20-10-21-41-78)90(133-106)72-128-107-102(98(125-67-84-52-32-16-33-53-84)94(122-64-81-46-26-13-27-47-81)89(132-107)71-119-62-79-42-22-11-23-43-79)137-108-103(130-77(8)115)99(126-68-85-54-34-17-35-55-85)95(123-65-82-48-28-14-29-49-82)91(134-108)73-129-138(74(2)3,75(4)5)76(6)7/h9-59,74-76,88-103,105-108H,1,60-73H2,2-8H3,(H,114,117)/t88-,89-,90-,91-,92-,93+,94-,95-,96-,97-,98+,99+,100+,101+,102+,103+,105+,106+,107+,108-/m1/s1. The molecule has 734 valence electrons. The molecule has 0 unspecified atom stereocenters. The highest BCUT2D eigenvalue weighted by molar-refractivity contribution is 6.77. The van der Waals surface area contributed by atoms with Crippen LogP contribution >= 0.6 is 34.8 Å². The molecule has 4 aliphatic heterocycles. The van der Waals surface area contributed by atoms with Crippen molar-refractivity contribution in [3.63, 3.8) is 0 Å². The first-order valence-electron chi connectivity index (χ1n) is 47.2. The van der Waals surface area contributed by atoms with Crippen LogP contribution < -0.4 is 5.32 Å². The Labute approximate surface area is 825 Å². The Kier molecular flexibility index (Phi) is 40.1. The van der Waals surface area contributed by atoms with Gasteiger partial charge in [-0.2, -0.15) is 0 Å². The smallest absolute Gasteiger partial charge is 0.338 e. The van der Waals surface area contributed by atoms with E-state index in [0.29, 0.717) is 5.56 Å². The molecule has 10 aromatic rings. The van der Waals surface area contributed by atoms with Crippen molar-refractivity contribution in [3.05, 3.63) is 372 Å². The molecule has 28 heteroatoms. The molecule has 1 amide bonds. The molecule has 4 saturated heterocycles. The second-order valence-electron chi connectivity index (χ2n) is 35.6. The number of nitrogens with one attached hydrogen (secondary N) is 1. The van der Waals surface area contributed by atoms with Crippen LogP contribution in [-0.2, 0) is 163 Å². The van der Waals surface area contributed by atoms with E-state index in [-0.39, 0.29) is 108 Å². The average molecular weight is 1960 g/mol. The van der Waals surface area contributed by atoms with Gasteiger partial charge in [-0.05, 0) is 78.8 Å². The molecule has 0 aromatic heterocycles. The van der Waals surface area contributed by atoms with Gasteiger partial charge >= 0.3 is 11.9 Å². The van der Waals surface area contributed by atoms with E-state index in [9.17, 15) is 4.79 Å². The van der Waals surface area contributed by atoms with Gasteiger partial charge in [0.2, 0.25) is 0 Å². The summed E-state index contributed by atoms with van der Waals surface area (Å²) in [7, 11) is -2.80. The number of carbonyl (C=O) groups excluding carboxylic acids is 3. The van der Waals surface area contributed by atoms with E-state index in [4.69, 9.17) is 129 Å². The fraction of sp³-hybridized carbons (Fsp3) is 0.409. The van der Waals surface area contributed by atoms with Crippen molar-refractivity contribution in [1.29, 1.82) is 0 Å². The Morgan fingerprint density at radius 3 is 0.986 bits per heavy atom. The molecule has 4 aliphatic rings. The Balaban J connectivity index is 0.954. The second kappa shape index (κ2) is 53.0. The van der Waals surface area contributed by atoms with Gasteiger partial charge in [0.1, 0.15) is 85.4 Å². The van der Waals surface area contributed by atoms with Crippen molar-refractivity contribution in [2.45, 2.75) is 251 Å². The van der Waals surface area contributed by atoms with E-state index in [0.717, 1.165) is 44.5 Å². The molecular formula is C110H126Cl3NO23Si. The predicted octanol–water partition coefficient (Wildman–Crippen LogP) is 19.6. The summed E-state index contributed by atoms with van der Waals surface area (Å²) >= 11 is 20.1. The van der Waals surface area contributed by atoms with E-state index >= 15 is 9.59 Å². The SMILES string of the molecule is C=CCO[C@H]1O[C@H](CO[C@H]2O[C@H](COCc3ccccc3)[C@@H](OCc3ccccc3)[C@H](OCc3ccccc3)[C@@H]2O[C@H]2O[C@H](CO[Si](C(C)C)(C(C)C)C(C)C)[C@@H](OCc3ccccc3)[C@H](OCc3ccccc3)[C@@H]2OC(C)=O)[C@@H](O[C@@H]2O[C@H](COCc3ccccc3)[C@H](OCc3ccccc3)[C@H](OCc3ccccc3)[C@H]2NC(=O)C(Cl)(Cl)Cl)[C@H](OCc2ccccc2)[C@@H]1OC(=O)c1ccccc1. The highest BCUT2D eigenvalue weighted by atomic mass is 35.6. The predicted molar refractivity (Wildman–Crippen MR) is 524 cm³/mol. The van der Waals surface area contributed by atoms with Crippen molar-refractivity contribution in [2.24, 2.45) is 0 Å². The summed E-state index contributed by atoms with van der Waals surface area (Å²) in [5.74, 6) is -2.59. The largest absolute Gasteiger partial charge is 0.454 e. The van der Waals surface area contributed by atoms with E-state index in [1.54, 1.807) is 30.3 Å². The maximum absolute atomic E-state index is 15.3. The van der Waals surface area contributed by atoms with Crippen LogP contribution in [0.25, 0.3) is 0 Å². The monoisotopic (exact) mass is 1960 g/mol. The van der Waals surface area contributed by atoms with Crippen LogP contribution in [0.1, 0.15) is 109 Å². The number of hydrogen-bond acceptors (Lipinski definition) is 23. The van der Waals surface area contributed by atoms with Gasteiger partial charge in [0.05, 0.1) is 98.1 Å². The number of benzene rings is 10. The van der Waals surface area contributed by atoms with Gasteiger partial charge < -0.3 is 99.7 Å². The molecule has 0 spiro atoms. The maximum Gasteiger partial charge on any atom is 0.338 e. The number of esters is 2. The van der Waals surface area contributed by atoms with Crippen LogP contribution in [0.3, 0.4) is 0 Å². The molecule has 10 aromatic carbocycles. The van der Waals surface area contributed by atoms with Crippen LogP contribution in [0, 0.1) is 0 Å². The summed E-state index contributed by atoms with van der Waals surface area (Å²) in [5, 5.41) is 3.00. The molecule has 24 nitrogen and oxygen atoms in total. The normalized spacial score (nSPS) is 25.2. The van der Waals surface area contributed by atoms with Crippen LogP contribution in [0.4, 0.5) is 0 Å². The zero-order valence-electron chi connectivity index (χ0n) is 78.9. The van der Waals surface area contributed by atoms with Gasteiger partial charge in [-0.25, -0.2) is 4.79 Å². The fourth-order valence-electron chi connectivity index (χ4n) is 18.3. The minimum Gasteiger partial charge on any atom is -0.454 e. The minimum absolute atomic E-state index is 0.0131. The van der Waals surface area contributed by atoms with Crippen LogP contribution in [0.5, 0.6) is 0 Å². The van der Waals surface area contributed by atoms with Crippen molar-refractivity contribution >= 4 is 61.0 Å². The molecule has 14 rings (SSSR count). The van der Waals surface area contributed by atoms with E-state index in [2.05, 4.69) is 53.4 Å². The topological polar surface area (TPSA) is 248 Å². The first-order chi connectivity index (χ1) is 67.2. The van der Waals surface area contributed by atoms with Crippen molar-refractivity contribution in [2.75, 3.05) is 33.0 Å². The second-order valence-corrected chi connectivity index (χ2v) is 43.3. The third-order valence-electron chi connectivity index (χ3n) is 24.9. The summed E-state index contributed by atoms with van der Waals surface area (Å²) in [5.41, 5.74) is 7.72. The van der Waals surface area contributed by atoms with E-state index < -0.39 is 159 Å². The van der Waals surface area contributed by atoms with Crippen LogP contribution in [-0.4, -0.2) is 186 Å². The van der Waals surface area contributed by atoms with Crippen molar-refractivity contribution in [1.82, 2.24) is 5.32 Å². The third kappa shape index (κ3) is 29.5. The molecule has 138 heavy (non-hydrogen) atoms. The molecule has 4 heterocycles. The highest BCUT2D eigenvalue weighted by Crippen LogP contribution is 2.46. The number of hydrogen-bond donors (Lipinski definition) is 1. The van der Waals surface area contributed by atoms with E-state index in [1.165, 1.54) is 13.0 Å². The van der Waals surface area contributed by atoms with Gasteiger partial charge in [0, 0.05) is 6.92 Å². The number of rotatable bonds is 49. The molecular weight excluding hydrogens is 1840 g/mol. The van der Waals surface area contributed by atoms with Gasteiger partial charge in [-0.3, -0.25) is 9.59 Å². The maximum atomic E-state index is 15.3. The zero-order chi connectivity index (χ0) is 96.6. The summed E-state index contributed by atoms with van der Waals surface area (Å²) in [6.07, 6.45) is -24.5. The lowest BCUT2D eigenvalue weighted by Crippen LogP contribution is -2.70. The Hall–Kier alpha value is -9.28. The first kappa shape index (κ1) is 105. The lowest BCUT2D eigenvalue weighted by molar-refractivity contribution is -0.387. The van der Waals surface area contributed by atoms with Crippen LogP contribution in [0.2, 0.25) is 16.6 Å². The van der Waals surface area contributed by atoms with Gasteiger partial charge in [-0.15, -0.1) is 6.58 Å². The number of halogens is 3. The Morgan fingerprint density at radius 2 is 0.623 bits per heavy atom. The Morgan fingerprint density at radius 1 is 0.333 bits per heavy atom. The molecule has 0 saturated carbocycles. The lowest BCUT2D eigenvalue weighted by atomic mass is 9.94. The Bertz CT molecular complexity index is 5200. The lowest BCUT2D eigenvalue weighted by Gasteiger charge is -2.51. The summed E-state index contributed by atoms with van der Waals surface area (Å²) in [4.78, 5) is 44.9. The number of amides is 1. The molecule has 0 bridgehead atoms. The fourth-order valence-corrected chi connectivity index (χ4v) is 24.0. The van der Waals surface area contributed by atoms with Crippen LogP contribution in [0.15, 0.2) is 316 Å². The average Bonchev–Trinajstić information content (AvgIpc) is 0.758. The number of carbonyl (C=O) groups is 3. The molecule has 1 N–H and O–H groups in total. The molecule has 20 atom stereocenters. The third-order valence-corrected chi connectivity index (χ3v) is 31.5. The summed E-state index contributed by atoms with van der Waals surface area (Å²) in [6, 6.07) is 93.3. The summed E-state index contributed by atoms with van der Waals surface area (Å²) < 4.78 is 143. The van der Waals surface area contributed by atoms with Gasteiger partial charge in [0.15, 0.2) is 45.7 Å². The first-order valence-corrected chi connectivity index (χ1v) is 50.5.